The summed E-state index contributed by atoms with van der Waals surface area (Å²) in [4.78, 5) is 18.7. The number of para-hydroxylation sites is 1. The molecule has 1 atom stereocenters. The summed E-state index contributed by atoms with van der Waals surface area (Å²) < 4.78 is 5.69. The zero-order valence-electron chi connectivity index (χ0n) is 13.6. The molecule has 1 N–H and O–H groups in total. The molecule has 0 bridgehead atoms. The summed E-state index contributed by atoms with van der Waals surface area (Å²) in [6, 6.07) is 7.17. The fraction of sp³-hybridized carbons (Fsp3) is 0.444. The van der Waals surface area contributed by atoms with Crippen LogP contribution in [0.2, 0.25) is 0 Å². The van der Waals surface area contributed by atoms with Crippen LogP contribution >= 0.6 is 11.3 Å². The van der Waals surface area contributed by atoms with Crippen LogP contribution in [-0.4, -0.2) is 40.2 Å². The Hall–Kier alpha value is -1.92. The molecule has 1 aliphatic rings. The number of nitrogens with zero attached hydrogens (tertiary/aromatic N) is 2. The van der Waals surface area contributed by atoms with E-state index >= 15 is 0 Å². The van der Waals surface area contributed by atoms with Crippen molar-refractivity contribution in [3.63, 3.8) is 0 Å². The standard InChI is InChI=1S/C18H22N2O3S/c21-16-6-2-1-4-14(16)12-20(13-15-5-3-10-23-15)18(22)8-7-17-19-9-11-24-17/h1-2,4,6,9,11,15,21H,3,5,7-8,10,12-13H2. The van der Waals surface area contributed by atoms with Gasteiger partial charge < -0.3 is 14.7 Å². The summed E-state index contributed by atoms with van der Waals surface area (Å²) in [5.74, 6) is 0.298. The number of benzene rings is 1. The van der Waals surface area contributed by atoms with Crippen molar-refractivity contribution in [2.75, 3.05) is 13.2 Å². The lowest BCUT2D eigenvalue weighted by molar-refractivity contribution is -0.133. The zero-order chi connectivity index (χ0) is 16.8. The highest BCUT2D eigenvalue weighted by Crippen LogP contribution is 2.21. The van der Waals surface area contributed by atoms with Gasteiger partial charge in [0.2, 0.25) is 5.91 Å². The third kappa shape index (κ3) is 4.55. The predicted octanol–water partition coefficient (Wildman–Crippen LogP) is 2.99. The molecule has 128 valence electrons. The van der Waals surface area contributed by atoms with Crippen LogP contribution < -0.4 is 0 Å². The zero-order valence-corrected chi connectivity index (χ0v) is 14.4. The second-order valence-electron chi connectivity index (χ2n) is 5.96. The Bertz CT molecular complexity index is 654. The van der Waals surface area contributed by atoms with Gasteiger partial charge in [0.25, 0.3) is 0 Å². The van der Waals surface area contributed by atoms with Crippen molar-refractivity contribution < 1.29 is 14.6 Å². The number of carbonyl (C=O) groups excluding carboxylic acids is 1. The van der Waals surface area contributed by atoms with E-state index in [0.717, 1.165) is 30.0 Å². The first kappa shape index (κ1) is 16.9. The highest BCUT2D eigenvalue weighted by molar-refractivity contribution is 7.09. The highest BCUT2D eigenvalue weighted by Gasteiger charge is 2.23. The fourth-order valence-electron chi connectivity index (χ4n) is 2.89. The van der Waals surface area contributed by atoms with E-state index in [1.807, 2.05) is 17.5 Å². The maximum absolute atomic E-state index is 12.7. The van der Waals surface area contributed by atoms with Gasteiger partial charge in [-0.25, -0.2) is 4.98 Å². The maximum atomic E-state index is 12.7. The van der Waals surface area contributed by atoms with Crippen LogP contribution in [0.25, 0.3) is 0 Å². The minimum absolute atomic E-state index is 0.0731. The van der Waals surface area contributed by atoms with Crippen LogP contribution in [0.3, 0.4) is 0 Å². The Kier molecular flexibility index (Phi) is 5.82. The van der Waals surface area contributed by atoms with Crippen LogP contribution in [0.4, 0.5) is 0 Å². The number of rotatable bonds is 7. The average Bonchev–Trinajstić information content (AvgIpc) is 3.27. The van der Waals surface area contributed by atoms with E-state index in [4.69, 9.17) is 4.74 Å². The van der Waals surface area contributed by atoms with Gasteiger partial charge in [0.05, 0.1) is 11.1 Å². The summed E-state index contributed by atoms with van der Waals surface area (Å²) in [6.07, 6.45) is 4.96. The molecule has 1 aromatic heterocycles. The molecule has 3 rings (SSSR count). The van der Waals surface area contributed by atoms with Gasteiger partial charge in [-0.2, -0.15) is 0 Å². The number of aromatic nitrogens is 1. The number of hydrogen-bond donors (Lipinski definition) is 1. The van der Waals surface area contributed by atoms with Gasteiger partial charge in [-0.05, 0) is 18.9 Å². The molecule has 1 aliphatic heterocycles. The summed E-state index contributed by atoms with van der Waals surface area (Å²) >= 11 is 1.57. The van der Waals surface area contributed by atoms with Gasteiger partial charge in [-0.3, -0.25) is 4.79 Å². The minimum atomic E-state index is 0.0731. The van der Waals surface area contributed by atoms with Gasteiger partial charge in [-0.15, -0.1) is 11.3 Å². The number of phenols is 1. The molecule has 0 aliphatic carbocycles. The molecule has 1 amide bonds. The third-order valence-electron chi connectivity index (χ3n) is 4.19. The van der Waals surface area contributed by atoms with E-state index in [-0.39, 0.29) is 17.8 Å². The van der Waals surface area contributed by atoms with Crippen LogP contribution in [0, 0.1) is 0 Å². The summed E-state index contributed by atoms with van der Waals surface area (Å²) in [5, 5.41) is 12.9. The molecular formula is C18H22N2O3S. The number of thiazole rings is 1. The lowest BCUT2D eigenvalue weighted by Crippen LogP contribution is -2.37. The van der Waals surface area contributed by atoms with Crippen LogP contribution in [0.1, 0.15) is 29.8 Å². The Morgan fingerprint density at radius 1 is 1.42 bits per heavy atom. The van der Waals surface area contributed by atoms with Gasteiger partial charge in [-0.1, -0.05) is 18.2 Å². The van der Waals surface area contributed by atoms with Gasteiger partial charge in [0.15, 0.2) is 0 Å². The lowest BCUT2D eigenvalue weighted by atomic mass is 10.1. The molecule has 1 fully saturated rings. The average molecular weight is 346 g/mol. The van der Waals surface area contributed by atoms with Crippen LogP contribution in [0.5, 0.6) is 5.75 Å². The van der Waals surface area contributed by atoms with Crippen molar-refractivity contribution in [1.82, 2.24) is 9.88 Å². The number of carbonyl (C=O) groups is 1. The molecule has 5 nitrogen and oxygen atoms in total. The molecule has 1 saturated heterocycles. The second-order valence-corrected chi connectivity index (χ2v) is 6.94. The Morgan fingerprint density at radius 2 is 2.29 bits per heavy atom. The molecule has 2 heterocycles. The number of hydrogen-bond acceptors (Lipinski definition) is 5. The van der Waals surface area contributed by atoms with E-state index in [9.17, 15) is 9.90 Å². The van der Waals surface area contributed by atoms with Gasteiger partial charge >= 0.3 is 0 Å². The topological polar surface area (TPSA) is 62.7 Å². The van der Waals surface area contributed by atoms with Gasteiger partial charge in [0.1, 0.15) is 5.75 Å². The molecular weight excluding hydrogens is 324 g/mol. The van der Waals surface area contributed by atoms with Crippen molar-refractivity contribution in [2.45, 2.75) is 38.3 Å². The summed E-state index contributed by atoms with van der Waals surface area (Å²) in [5.41, 5.74) is 0.762. The van der Waals surface area contributed by atoms with E-state index in [2.05, 4.69) is 4.98 Å². The number of ether oxygens (including phenoxy) is 1. The van der Waals surface area contributed by atoms with Crippen molar-refractivity contribution in [2.24, 2.45) is 0 Å². The van der Waals surface area contributed by atoms with Crippen LogP contribution in [0.15, 0.2) is 35.8 Å². The first-order chi connectivity index (χ1) is 11.7. The van der Waals surface area contributed by atoms with Crippen molar-refractivity contribution >= 4 is 17.2 Å². The molecule has 1 aromatic carbocycles. The van der Waals surface area contributed by atoms with E-state index in [1.54, 1.807) is 34.6 Å². The second kappa shape index (κ2) is 8.26. The Morgan fingerprint density at radius 3 is 3.00 bits per heavy atom. The number of phenolic OH excluding ortho intramolecular Hbond substituents is 1. The van der Waals surface area contributed by atoms with Crippen molar-refractivity contribution in [3.05, 3.63) is 46.4 Å². The number of aryl methyl sites for hydroxylation is 1. The number of aromatic hydroxyl groups is 1. The Balaban J connectivity index is 1.66. The quantitative estimate of drug-likeness (QED) is 0.837. The van der Waals surface area contributed by atoms with E-state index in [0.29, 0.717) is 25.9 Å². The SMILES string of the molecule is O=C(CCc1nccs1)N(Cc1ccccc1O)CC1CCCO1. The summed E-state index contributed by atoms with van der Waals surface area (Å²) in [6.45, 7) is 1.75. The molecule has 0 saturated carbocycles. The predicted molar refractivity (Wildman–Crippen MR) is 92.9 cm³/mol. The normalized spacial score (nSPS) is 17.1. The number of amides is 1. The van der Waals surface area contributed by atoms with Crippen LogP contribution in [-0.2, 0) is 22.5 Å². The van der Waals surface area contributed by atoms with Gasteiger partial charge in [0, 0.05) is 49.7 Å². The molecule has 24 heavy (non-hydrogen) atoms. The molecule has 2 aromatic rings. The molecule has 6 heteroatoms. The first-order valence-corrected chi connectivity index (χ1v) is 9.15. The van der Waals surface area contributed by atoms with E-state index < -0.39 is 0 Å². The van der Waals surface area contributed by atoms with Crippen molar-refractivity contribution in [3.8, 4) is 5.75 Å². The monoisotopic (exact) mass is 346 g/mol. The van der Waals surface area contributed by atoms with E-state index in [1.165, 1.54) is 0 Å². The highest BCUT2D eigenvalue weighted by atomic mass is 32.1. The maximum Gasteiger partial charge on any atom is 0.223 e. The smallest absolute Gasteiger partial charge is 0.223 e. The first-order valence-electron chi connectivity index (χ1n) is 8.27. The Labute approximate surface area is 145 Å². The fourth-order valence-corrected chi connectivity index (χ4v) is 3.51. The lowest BCUT2D eigenvalue weighted by Gasteiger charge is -2.26. The molecule has 1 unspecified atom stereocenters. The minimum Gasteiger partial charge on any atom is -0.508 e. The molecule has 0 radical (unpaired) electrons. The van der Waals surface area contributed by atoms with Crippen molar-refractivity contribution in [1.29, 1.82) is 0 Å². The third-order valence-corrected chi connectivity index (χ3v) is 5.03. The largest absolute Gasteiger partial charge is 0.508 e. The summed E-state index contributed by atoms with van der Waals surface area (Å²) in [7, 11) is 0. The molecule has 0 spiro atoms.